The molecule has 27 heavy (non-hydrogen) atoms. The fourth-order valence-electron chi connectivity index (χ4n) is 2.53. The van der Waals surface area contributed by atoms with E-state index in [-0.39, 0.29) is 22.8 Å². The van der Waals surface area contributed by atoms with Gasteiger partial charge < -0.3 is 15.0 Å². The third-order valence-corrected chi connectivity index (χ3v) is 3.99. The Morgan fingerprint density at radius 2 is 1.85 bits per heavy atom. The van der Waals surface area contributed by atoms with Crippen LogP contribution in [-0.4, -0.2) is 25.0 Å². The van der Waals surface area contributed by atoms with E-state index in [9.17, 15) is 13.6 Å². The molecule has 0 atom stereocenters. The highest BCUT2D eigenvalue weighted by atomic mass is 19.1. The predicted molar refractivity (Wildman–Crippen MR) is 99.6 cm³/mol. The molecule has 0 bridgehead atoms. The number of halogens is 2. The van der Waals surface area contributed by atoms with Gasteiger partial charge in [-0.3, -0.25) is 4.79 Å². The zero-order chi connectivity index (χ0) is 19.4. The number of aromatic nitrogens is 1. The third kappa shape index (κ3) is 3.87. The summed E-state index contributed by atoms with van der Waals surface area (Å²) in [5.41, 5.74) is 0.766. The van der Waals surface area contributed by atoms with Crippen molar-refractivity contribution in [2.24, 2.45) is 0 Å². The molecular formula is C20H17F2N3O2. The Labute approximate surface area is 155 Å². The van der Waals surface area contributed by atoms with Gasteiger partial charge in [-0.1, -0.05) is 12.1 Å². The topological polar surface area (TPSA) is 54.5 Å². The second-order valence-corrected chi connectivity index (χ2v) is 5.69. The van der Waals surface area contributed by atoms with Gasteiger partial charge in [0.1, 0.15) is 11.6 Å². The molecule has 1 aromatic heterocycles. The van der Waals surface area contributed by atoms with Gasteiger partial charge in [-0.25, -0.2) is 13.8 Å². The maximum atomic E-state index is 14.0. The van der Waals surface area contributed by atoms with Crippen molar-refractivity contribution in [3.05, 3.63) is 78.0 Å². The lowest BCUT2D eigenvalue weighted by atomic mass is 10.2. The number of amides is 1. The Bertz CT molecular complexity index is 979. The summed E-state index contributed by atoms with van der Waals surface area (Å²) in [6.45, 7) is 0. The van der Waals surface area contributed by atoms with Crippen molar-refractivity contribution in [2.45, 2.75) is 0 Å². The van der Waals surface area contributed by atoms with E-state index in [0.717, 1.165) is 0 Å². The number of nitrogens with zero attached hydrogens (tertiary/aromatic N) is 2. The summed E-state index contributed by atoms with van der Waals surface area (Å²) in [5.74, 6) is -1.18. The summed E-state index contributed by atoms with van der Waals surface area (Å²) in [6.07, 6.45) is 1.49. The van der Waals surface area contributed by atoms with E-state index >= 15 is 0 Å². The van der Waals surface area contributed by atoms with Crippen molar-refractivity contribution in [1.29, 1.82) is 0 Å². The van der Waals surface area contributed by atoms with Crippen LogP contribution in [0, 0.1) is 11.6 Å². The van der Waals surface area contributed by atoms with Crippen molar-refractivity contribution in [3.63, 3.8) is 0 Å². The molecule has 3 aromatic rings. The molecular weight excluding hydrogens is 352 g/mol. The Hall–Kier alpha value is -3.48. The smallest absolute Gasteiger partial charge is 0.261 e. The lowest BCUT2D eigenvalue weighted by Crippen LogP contribution is -2.27. The van der Waals surface area contributed by atoms with Gasteiger partial charge in [-0.15, -0.1) is 0 Å². The average Bonchev–Trinajstić information content (AvgIpc) is 2.69. The van der Waals surface area contributed by atoms with E-state index in [1.54, 1.807) is 36.4 Å². The number of methoxy groups -OCH3 is 1. The number of ether oxygens (including phenoxy) is 1. The summed E-state index contributed by atoms with van der Waals surface area (Å²) < 4.78 is 32.8. The number of hydrogen-bond acceptors (Lipinski definition) is 4. The highest BCUT2D eigenvalue weighted by Crippen LogP contribution is 2.26. The molecule has 0 saturated carbocycles. The van der Waals surface area contributed by atoms with Crippen LogP contribution in [0.4, 0.5) is 26.0 Å². The number of nitrogens with one attached hydrogen (secondary N) is 1. The minimum atomic E-state index is -0.578. The van der Waals surface area contributed by atoms with Crippen LogP contribution >= 0.6 is 0 Å². The molecule has 0 saturated heterocycles. The van der Waals surface area contributed by atoms with Crippen LogP contribution in [0.1, 0.15) is 10.4 Å². The minimum Gasteiger partial charge on any atom is -0.494 e. The summed E-state index contributed by atoms with van der Waals surface area (Å²) in [4.78, 5) is 18.3. The highest BCUT2D eigenvalue weighted by molar-refractivity contribution is 6.09. The van der Waals surface area contributed by atoms with Crippen molar-refractivity contribution in [3.8, 4) is 5.75 Å². The summed E-state index contributed by atoms with van der Waals surface area (Å²) in [7, 11) is 2.88. The molecule has 0 fully saturated rings. The van der Waals surface area contributed by atoms with Crippen LogP contribution in [-0.2, 0) is 0 Å². The summed E-state index contributed by atoms with van der Waals surface area (Å²) in [5, 5.41) is 2.83. The van der Waals surface area contributed by atoms with Crippen LogP contribution in [0.2, 0.25) is 0 Å². The van der Waals surface area contributed by atoms with Gasteiger partial charge in [-0.2, -0.15) is 0 Å². The first kappa shape index (κ1) is 18.3. The molecule has 0 spiro atoms. The molecule has 138 valence electrons. The molecule has 5 nitrogen and oxygen atoms in total. The van der Waals surface area contributed by atoms with Crippen molar-refractivity contribution in [2.75, 3.05) is 24.4 Å². The first-order chi connectivity index (χ1) is 13.0. The lowest BCUT2D eigenvalue weighted by molar-refractivity contribution is 0.0993. The monoisotopic (exact) mass is 369 g/mol. The molecule has 0 radical (unpaired) electrons. The van der Waals surface area contributed by atoms with Crippen LogP contribution in [0.3, 0.4) is 0 Å². The number of carbonyl (C=O) groups is 1. The number of para-hydroxylation sites is 1. The Kier molecular flexibility index (Phi) is 5.30. The van der Waals surface area contributed by atoms with Crippen molar-refractivity contribution in [1.82, 2.24) is 4.98 Å². The van der Waals surface area contributed by atoms with Gasteiger partial charge in [0.15, 0.2) is 11.6 Å². The third-order valence-electron chi connectivity index (χ3n) is 3.99. The SMILES string of the molecule is COc1ccc(N(C)C(=O)c2cccnc2Nc2ccccc2F)cc1F. The maximum Gasteiger partial charge on any atom is 0.261 e. The van der Waals surface area contributed by atoms with Gasteiger partial charge in [0.2, 0.25) is 0 Å². The first-order valence-corrected chi connectivity index (χ1v) is 8.09. The molecule has 0 aliphatic heterocycles. The Balaban J connectivity index is 1.91. The molecule has 1 N–H and O–H groups in total. The summed E-state index contributed by atoms with van der Waals surface area (Å²) in [6, 6.07) is 13.5. The van der Waals surface area contributed by atoms with Gasteiger partial charge in [0.25, 0.3) is 5.91 Å². The van der Waals surface area contributed by atoms with Crippen LogP contribution in [0.25, 0.3) is 0 Å². The van der Waals surface area contributed by atoms with E-state index in [1.165, 1.54) is 43.5 Å². The van der Waals surface area contributed by atoms with E-state index in [0.29, 0.717) is 5.69 Å². The number of rotatable bonds is 5. The maximum absolute atomic E-state index is 14.0. The van der Waals surface area contributed by atoms with E-state index in [4.69, 9.17) is 4.74 Å². The van der Waals surface area contributed by atoms with E-state index in [1.807, 2.05) is 0 Å². The zero-order valence-corrected chi connectivity index (χ0v) is 14.7. The predicted octanol–water partition coefficient (Wildman–Crippen LogP) is 4.39. The standard InChI is InChI=1S/C20H17F2N3O2/c1-25(13-9-10-18(27-2)16(22)12-13)20(26)14-6-5-11-23-19(14)24-17-8-4-3-7-15(17)21/h3-12H,1-2H3,(H,23,24). The van der Waals surface area contributed by atoms with Gasteiger partial charge in [0, 0.05) is 25.0 Å². The normalized spacial score (nSPS) is 10.4. The molecule has 0 unspecified atom stereocenters. The van der Waals surface area contributed by atoms with Crippen LogP contribution < -0.4 is 15.0 Å². The van der Waals surface area contributed by atoms with Gasteiger partial charge in [-0.05, 0) is 36.4 Å². The second kappa shape index (κ2) is 7.82. The molecule has 1 amide bonds. The number of anilines is 3. The minimum absolute atomic E-state index is 0.0860. The van der Waals surface area contributed by atoms with E-state index < -0.39 is 17.5 Å². The van der Waals surface area contributed by atoms with Crippen molar-refractivity contribution < 1.29 is 18.3 Å². The fraction of sp³-hybridized carbons (Fsp3) is 0.100. The highest BCUT2D eigenvalue weighted by Gasteiger charge is 2.19. The molecule has 2 aromatic carbocycles. The van der Waals surface area contributed by atoms with Crippen molar-refractivity contribution >= 4 is 23.1 Å². The van der Waals surface area contributed by atoms with Crippen LogP contribution in [0.5, 0.6) is 5.75 Å². The Morgan fingerprint density at radius 3 is 2.56 bits per heavy atom. The molecule has 0 aliphatic rings. The average molecular weight is 369 g/mol. The Morgan fingerprint density at radius 1 is 1.07 bits per heavy atom. The second-order valence-electron chi connectivity index (χ2n) is 5.69. The van der Waals surface area contributed by atoms with E-state index in [2.05, 4.69) is 10.3 Å². The number of benzene rings is 2. The number of pyridine rings is 1. The fourth-order valence-corrected chi connectivity index (χ4v) is 2.53. The largest absolute Gasteiger partial charge is 0.494 e. The lowest BCUT2D eigenvalue weighted by Gasteiger charge is -2.20. The number of carbonyl (C=O) groups excluding carboxylic acids is 1. The first-order valence-electron chi connectivity index (χ1n) is 8.09. The molecule has 3 rings (SSSR count). The van der Waals surface area contributed by atoms with Crippen LogP contribution in [0.15, 0.2) is 60.8 Å². The summed E-state index contributed by atoms with van der Waals surface area (Å²) >= 11 is 0. The molecule has 7 heteroatoms. The zero-order valence-electron chi connectivity index (χ0n) is 14.7. The van der Waals surface area contributed by atoms with Gasteiger partial charge in [0.05, 0.1) is 18.4 Å². The molecule has 0 aliphatic carbocycles. The number of hydrogen-bond donors (Lipinski definition) is 1. The van der Waals surface area contributed by atoms with Gasteiger partial charge >= 0.3 is 0 Å². The quantitative estimate of drug-likeness (QED) is 0.725. The molecule has 1 heterocycles.